The number of rotatable bonds is 3. The molecule has 0 aromatic rings. The molecule has 9 heavy (non-hydrogen) atoms. The van der Waals surface area contributed by atoms with Crippen LogP contribution in [-0.2, 0) is 9.30 Å². The molecule has 1 fully saturated rings. The van der Waals surface area contributed by atoms with Gasteiger partial charge in [-0.2, -0.15) is 0 Å². The second-order valence-electron chi connectivity index (χ2n) is 2.37. The molecule has 3 heteroatoms. The normalized spacial score (nSPS) is 26.2. The van der Waals surface area contributed by atoms with Crippen LogP contribution in [-0.4, -0.2) is 24.8 Å². The number of hydrogen-bond donors (Lipinski definition) is 0. The molecule has 0 aliphatic carbocycles. The van der Waals surface area contributed by atoms with Crippen LogP contribution in [0.3, 0.4) is 0 Å². The molecule has 0 bridgehead atoms. The van der Waals surface area contributed by atoms with Gasteiger partial charge in [0.25, 0.3) is 0 Å². The van der Waals surface area contributed by atoms with Gasteiger partial charge in [0.15, 0.2) is 0 Å². The highest BCUT2D eigenvalue weighted by molar-refractivity contribution is 7.64. The van der Waals surface area contributed by atoms with Gasteiger partial charge in [0.05, 0.1) is 6.61 Å². The summed E-state index contributed by atoms with van der Waals surface area (Å²) in [7, 11) is -1.86. The molecular weight excluding hydrogens is 135 g/mol. The molecule has 54 valence electrons. The van der Waals surface area contributed by atoms with E-state index >= 15 is 0 Å². The van der Waals surface area contributed by atoms with Gasteiger partial charge in [-0.1, -0.05) is 13.8 Å². The molecule has 1 unspecified atom stereocenters. The topological polar surface area (TPSA) is 29.6 Å². The first-order chi connectivity index (χ1) is 4.23. The average Bonchev–Trinajstić information content (AvgIpc) is 2.68. The van der Waals surface area contributed by atoms with Crippen LogP contribution in [0, 0.1) is 0 Å². The van der Waals surface area contributed by atoms with E-state index in [2.05, 4.69) is 0 Å². The van der Waals surface area contributed by atoms with E-state index in [0.717, 1.165) is 18.9 Å². The molecule has 1 heterocycles. The van der Waals surface area contributed by atoms with Crippen LogP contribution in [0.5, 0.6) is 0 Å². The maximum absolute atomic E-state index is 11.6. The first-order valence-corrected chi connectivity index (χ1v) is 5.57. The molecule has 0 amide bonds. The Bertz CT molecular complexity index is 132. The Morgan fingerprint density at radius 1 is 1.56 bits per heavy atom. The minimum Gasteiger partial charge on any atom is -0.365 e. The maximum atomic E-state index is 11.6. The molecular formula is C6H13O2P. The highest BCUT2D eigenvalue weighted by Gasteiger charge is 2.39. The molecule has 1 rings (SSSR count). The van der Waals surface area contributed by atoms with Crippen LogP contribution < -0.4 is 0 Å². The van der Waals surface area contributed by atoms with Crippen LogP contribution in [0.4, 0.5) is 0 Å². The third-order valence-electron chi connectivity index (χ3n) is 1.91. The summed E-state index contributed by atoms with van der Waals surface area (Å²) in [6.07, 6.45) is 1.60. The van der Waals surface area contributed by atoms with Gasteiger partial charge in [-0.25, -0.2) is 0 Å². The molecule has 0 spiro atoms. The van der Waals surface area contributed by atoms with Crippen molar-refractivity contribution in [1.82, 2.24) is 0 Å². The minimum atomic E-state index is -1.86. The summed E-state index contributed by atoms with van der Waals surface area (Å²) in [5.74, 6) is 0.132. The highest BCUT2D eigenvalue weighted by atomic mass is 31.2. The lowest BCUT2D eigenvalue weighted by Gasteiger charge is -2.08. The second kappa shape index (κ2) is 2.43. The Morgan fingerprint density at radius 2 is 2.00 bits per heavy atom. The first-order valence-electron chi connectivity index (χ1n) is 3.42. The predicted octanol–water partition coefficient (Wildman–Crippen LogP) is 1.75. The number of hydrogen-bond acceptors (Lipinski definition) is 2. The monoisotopic (exact) mass is 148 g/mol. The summed E-state index contributed by atoms with van der Waals surface area (Å²) >= 11 is 0. The van der Waals surface area contributed by atoms with E-state index in [0.29, 0.717) is 0 Å². The molecule has 0 N–H and O–H groups in total. The molecule has 1 saturated heterocycles. The van der Waals surface area contributed by atoms with E-state index in [1.54, 1.807) is 0 Å². The third-order valence-corrected chi connectivity index (χ3v) is 5.40. The Kier molecular flexibility index (Phi) is 1.97. The van der Waals surface area contributed by atoms with Gasteiger partial charge in [-0.05, 0) is 0 Å². The second-order valence-corrected chi connectivity index (χ2v) is 6.12. The fraction of sp³-hybridized carbons (Fsp3) is 1.00. The molecule has 1 atom stereocenters. The van der Waals surface area contributed by atoms with Gasteiger partial charge in [0.2, 0.25) is 0 Å². The van der Waals surface area contributed by atoms with Crippen LogP contribution in [0.25, 0.3) is 0 Å². The Hall–Kier alpha value is 0.190. The summed E-state index contributed by atoms with van der Waals surface area (Å²) in [6.45, 7) is 4.69. The van der Waals surface area contributed by atoms with E-state index in [1.165, 1.54) is 0 Å². The van der Waals surface area contributed by atoms with E-state index in [9.17, 15) is 4.57 Å². The molecule has 0 radical (unpaired) electrons. The molecule has 1 aliphatic heterocycles. The molecule has 2 nitrogen and oxygen atoms in total. The third kappa shape index (κ3) is 1.36. The zero-order valence-electron chi connectivity index (χ0n) is 5.96. The lowest BCUT2D eigenvalue weighted by atomic mass is 10.9. The smallest absolute Gasteiger partial charge is 0.134 e. The maximum Gasteiger partial charge on any atom is 0.134 e. The predicted molar refractivity (Wildman–Crippen MR) is 38.4 cm³/mol. The van der Waals surface area contributed by atoms with Crippen molar-refractivity contribution in [2.75, 3.05) is 18.9 Å². The zero-order valence-corrected chi connectivity index (χ0v) is 6.86. The quantitative estimate of drug-likeness (QED) is 0.450. The number of epoxide rings is 1. The fourth-order valence-electron chi connectivity index (χ4n) is 0.946. The lowest BCUT2D eigenvalue weighted by Crippen LogP contribution is -1.95. The first kappa shape index (κ1) is 7.30. The van der Waals surface area contributed by atoms with Crippen molar-refractivity contribution >= 4 is 7.14 Å². The lowest BCUT2D eigenvalue weighted by molar-refractivity contribution is 0.445. The Labute approximate surface area is 56.0 Å². The average molecular weight is 148 g/mol. The Morgan fingerprint density at radius 3 is 2.11 bits per heavy atom. The van der Waals surface area contributed by atoms with Crippen molar-refractivity contribution in [3.63, 3.8) is 0 Å². The van der Waals surface area contributed by atoms with Crippen molar-refractivity contribution < 1.29 is 9.30 Å². The van der Waals surface area contributed by atoms with Crippen LogP contribution >= 0.6 is 7.14 Å². The zero-order chi connectivity index (χ0) is 6.91. The SMILES string of the molecule is CCP(=O)(CC)C1CO1. The van der Waals surface area contributed by atoms with E-state index in [4.69, 9.17) is 4.74 Å². The minimum absolute atomic E-state index is 0.132. The van der Waals surface area contributed by atoms with Crippen molar-refractivity contribution in [2.24, 2.45) is 0 Å². The summed E-state index contributed by atoms with van der Waals surface area (Å²) in [6, 6.07) is 0. The standard InChI is InChI=1S/C6H13O2P/c1-3-9(7,4-2)6-5-8-6/h6H,3-5H2,1-2H3. The molecule has 1 aliphatic rings. The fourth-order valence-corrected chi connectivity index (χ4v) is 2.84. The largest absolute Gasteiger partial charge is 0.365 e. The summed E-state index contributed by atoms with van der Waals surface area (Å²) in [5.41, 5.74) is 0. The van der Waals surface area contributed by atoms with Crippen LogP contribution in [0.15, 0.2) is 0 Å². The van der Waals surface area contributed by atoms with Gasteiger partial charge >= 0.3 is 0 Å². The van der Waals surface area contributed by atoms with Gasteiger partial charge in [-0.15, -0.1) is 0 Å². The highest BCUT2D eigenvalue weighted by Crippen LogP contribution is 2.55. The van der Waals surface area contributed by atoms with Gasteiger partial charge in [0, 0.05) is 12.3 Å². The summed E-state index contributed by atoms with van der Waals surface area (Å²) in [4.78, 5) is 0. The van der Waals surface area contributed by atoms with Gasteiger partial charge in [0.1, 0.15) is 13.0 Å². The van der Waals surface area contributed by atoms with Crippen LogP contribution in [0.2, 0.25) is 0 Å². The van der Waals surface area contributed by atoms with Gasteiger partial charge in [-0.3, -0.25) is 0 Å². The molecule has 0 aromatic heterocycles. The molecule has 0 aromatic carbocycles. The summed E-state index contributed by atoms with van der Waals surface area (Å²) < 4.78 is 16.6. The van der Waals surface area contributed by atoms with Crippen LogP contribution in [0.1, 0.15) is 13.8 Å². The van der Waals surface area contributed by atoms with E-state index in [-0.39, 0.29) is 5.85 Å². The Balaban J connectivity index is 2.54. The van der Waals surface area contributed by atoms with Gasteiger partial charge < -0.3 is 9.30 Å². The van der Waals surface area contributed by atoms with E-state index in [1.807, 2.05) is 13.8 Å². The van der Waals surface area contributed by atoms with Crippen molar-refractivity contribution in [3.8, 4) is 0 Å². The van der Waals surface area contributed by atoms with Crippen molar-refractivity contribution in [2.45, 2.75) is 19.7 Å². The van der Waals surface area contributed by atoms with Crippen molar-refractivity contribution in [3.05, 3.63) is 0 Å². The van der Waals surface area contributed by atoms with E-state index < -0.39 is 7.14 Å². The van der Waals surface area contributed by atoms with Crippen molar-refractivity contribution in [1.29, 1.82) is 0 Å². The number of ether oxygens (including phenoxy) is 1. The summed E-state index contributed by atoms with van der Waals surface area (Å²) in [5, 5.41) is 0. The molecule has 0 saturated carbocycles.